The van der Waals surface area contributed by atoms with Crippen molar-refractivity contribution < 1.29 is 14.6 Å². The van der Waals surface area contributed by atoms with Gasteiger partial charge in [0, 0.05) is 19.6 Å². The highest BCUT2D eigenvalue weighted by Crippen LogP contribution is 2.27. The molecule has 6 nitrogen and oxygen atoms in total. The molecule has 2 aromatic rings. The summed E-state index contributed by atoms with van der Waals surface area (Å²) < 4.78 is 10.6. The molecule has 28 heavy (non-hydrogen) atoms. The number of nitrogens with zero attached hydrogens (tertiary/aromatic N) is 1. The van der Waals surface area contributed by atoms with Crippen LogP contribution in [0.5, 0.6) is 11.5 Å². The standard InChI is InChI=1S/C22H31N3O3/c1-4-23-22(25-15-13-19(26)18-8-6-5-7-9-18)24-14-12-17-10-11-20(27-2)21(16-17)28-3/h5-11,16,19,26H,4,12-15H2,1-3H3,(H2,23,24,25). The van der Waals surface area contributed by atoms with Crippen molar-refractivity contribution in [3.63, 3.8) is 0 Å². The molecule has 0 saturated carbocycles. The highest BCUT2D eigenvalue weighted by molar-refractivity contribution is 5.79. The van der Waals surface area contributed by atoms with Crippen LogP contribution in [0.2, 0.25) is 0 Å². The lowest BCUT2D eigenvalue weighted by Crippen LogP contribution is -2.38. The summed E-state index contributed by atoms with van der Waals surface area (Å²) in [7, 11) is 3.27. The summed E-state index contributed by atoms with van der Waals surface area (Å²) in [5, 5.41) is 16.8. The van der Waals surface area contributed by atoms with Crippen LogP contribution in [0.4, 0.5) is 0 Å². The van der Waals surface area contributed by atoms with E-state index in [4.69, 9.17) is 9.47 Å². The fourth-order valence-electron chi connectivity index (χ4n) is 2.84. The van der Waals surface area contributed by atoms with Crippen molar-refractivity contribution in [3.8, 4) is 11.5 Å². The van der Waals surface area contributed by atoms with Crippen molar-refractivity contribution >= 4 is 5.96 Å². The van der Waals surface area contributed by atoms with Crippen LogP contribution in [-0.4, -0.2) is 44.9 Å². The van der Waals surface area contributed by atoms with Crippen molar-refractivity contribution in [2.24, 2.45) is 4.99 Å². The predicted molar refractivity (Wildman–Crippen MR) is 113 cm³/mol. The van der Waals surface area contributed by atoms with E-state index in [1.807, 2.05) is 55.5 Å². The Hall–Kier alpha value is -2.73. The first-order valence-corrected chi connectivity index (χ1v) is 9.64. The fraction of sp³-hybridized carbons (Fsp3) is 0.409. The summed E-state index contributed by atoms with van der Waals surface area (Å²) >= 11 is 0. The van der Waals surface area contributed by atoms with E-state index >= 15 is 0 Å². The van der Waals surface area contributed by atoms with E-state index in [1.165, 1.54) is 0 Å². The number of aliphatic imine (C=N–C) groups is 1. The summed E-state index contributed by atoms with van der Waals surface area (Å²) in [5.74, 6) is 2.21. The van der Waals surface area contributed by atoms with Gasteiger partial charge in [0.15, 0.2) is 17.5 Å². The molecule has 0 fully saturated rings. The van der Waals surface area contributed by atoms with Gasteiger partial charge in [0.25, 0.3) is 0 Å². The number of hydrogen-bond donors (Lipinski definition) is 3. The summed E-state index contributed by atoms with van der Waals surface area (Å²) in [4.78, 5) is 4.56. The molecule has 0 aliphatic heterocycles. The van der Waals surface area contributed by atoms with Crippen LogP contribution in [0, 0.1) is 0 Å². The molecule has 0 spiro atoms. The lowest BCUT2D eigenvalue weighted by atomic mass is 10.1. The lowest BCUT2D eigenvalue weighted by molar-refractivity contribution is 0.170. The number of nitrogens with one attached hydrogen (secondary N) is 2. The number of benzene rings is 2. The van der Waals surface area contributed by atoms with Crippen molar-refractivity contribution in [1.29, 1.82) is 0 Å². The van der Waals surface area contributed by atoms with Crippen LogP contribution < -0.4 is 20.1 Å². The normalized spacial score (nSPS) is 12.4. The van der Waals surface area contributed by atoms with E-state index in [2.05, 4.69) is 15.6 Å². The maximum absolute atomic E-state index is 10.2. The minimum absolute atomic E-state index is 0.500. The molecule has 2 rings (SSSR count). The van der Waals surface area contributed by atoms with Gasteiger partial charge in [-0.05, 0) is 43.0 Å². The van der Waals surface area contributed by atoms with E-state index in [0.717, 1.165) is 48.1 Å². The Morgan fingerprint density at radius 3 is 2.46 bits per heavy atom. The zero-order chi connectivity index (χ0) is 20.2. The Bertz CT molecular complexity index is 735. The van der Waals surface area contributed by atoms with Gasteiger partial charge in [-0.15, -0.1) is 0 Å². The molecule has 6 heteroatoms. The molecule has 1 unspecified atom stereocenters. The topological polar surface area (TPSA) is 75.1 Å². The van der Waals surface area contributed by atoms with Crippen molar-refractivity contribution in [2.75, 3.05) is 33.9 Å². The lowest BCUT2D eigenvalue weighted by Gasteiger charge is -2.13. The van der Waals surface area contributed by atoms with Crippen LogP contribution in [0.15, 0.2) is 53.5 Å². The molecule has 0 radical (unpaired) electrons. The van der Waals surface area contributed by atoms with Crippen molar-refractivity contribution in [2.45, 2.75) is 25.9 Å². The average molecular weight is 386 g/mol. The molecule has 0 aliphatic rings. The number of aliphatic hydroxyl groups is 1. The van der Waals surface area contributed by atoms with Gasteiger partial charge in [-0.2, -0.15) is 0 Å². The third-order valence-corrected chi connectivity index (χ3v) is 4.36. The van der Waals surface area contributed by atoms with Crippen LogP contribution in [0.1, 0.15) is 30.6 Å². The second-order valence-corrected chi connectivity index (χ2v) is 6.34. The first-order chi connectivity index (χ1) is 13.7. The smallest absolute Gasteiger partial charge is 0.191 e. The van der Waals surface area contributed by atoms with E-state index in [0.29, 0.717) is 13.0 Å². The van der Waals surface area contributed by atoms with Gasteiger partial charge in [0.1, 0.15) is 0 Å². The molecular weight excluding hydrogens is 354 g/mol. The number of methoxy groups -OCH3 is 2. The van der Waals surface area contributed by atoms with Gasteiger partial charge in [0.2, 0.25) is 0 Å². The van der Waals surface area contributed by atoms with Gasteiger partial charge in [-0.25, -0.2) is 0 Å². The number of rotatable bonds is 10. The van der Waals surface area contributed by atoms with Gasteiger partial charge in [0.05, 0.1) is 20.3 Å². The summed E-state index contributed by atoms with van der Waals surface area (Å²) in [6.45, 7) is 4.10. The maximum atomic E-state index is 10.2. The number of ether oxygens (including phenoxy) is 2. The minimum Gasteiger partial charge on any atom is -0.493 e. The highest BCUT2D eigenvalue weighted by atomic mass is 16.5. The zero-order valence-electron chi connectivity index (χ0n) is 16.9. The summed E-state index contributed by atoms with van der Waals surface area (Å²) in [5.41, 5.74) is 2.07. The van der Waals surface area contributed by atoms with Crippen LogP contribution in [0.3, 0.4) is 0 Å². The van der Waals surface area contributed by atoms with E-state index in [-0.39, 0.29) is 0 Å². The molecule has 0 aliphatic carbocycles. The molecule has 0 amide bonds. The number of hydrogen-bond acceptors (Lipinski definition) is 4. The molecular formula is C22H31N3O3. The highest BCUT2D eigenvalue weighted by Gasteiger charge is 2.07. The van der Waals surface area contributed by atoms with Crippen molar-refractivity contribution in [3.05, 3.63) is 59.7 Å². The Morgan fingerprint density at radius 1 is 1.04 bits per heavy atom. The molecule has 3 N–H and O–H groups in total. The van der Waals surface area contributed by atoms with Gasteiger partial charge >= 0.3 is 0 Å². The summed E-state index contributed by atoms with van der Waals surface area (Å²) in [6.07, 6.45) is 0.910. The SMILES string of the molecule is CCNC(=NCCC(O)c1ccccc1)NCCc1ccc(OC)c(OC)c1. The van der Waals surface area contributed by atoms with Crippen LogP contribution >= 0.6 is 0 Å². The third kappa shape index (κ3) is 6.78. The predicted octanol–water partition coefficient (Wildman–Crippen LogP) is 2.93. The monoisotopic (exact) mass is 385 g/mol. The first kappa shape index (κ1) is 21.6. The maximum Gasteiger partial charge on any atom is 0.191 e. The second-order valence-electron chi connectivity index (χ2n) is 6.34. The molecule has 0 heterocycles. The quantitative estimate of drug-likeness (QED) is 0.433. The fourth-order valence-corrected chi connectivity index (χ4v) is 2.84. The Labute approximate surface area is 167 Å². The molecule has 0 aromatic heterocycles. The minimum atomic E-state index is -0.500. The molecule has 1 atom stereocenters. The summed E-state index contributed by atoms with van der Waals surface area (Å²) in [6, 6.07) is 15.6. The number of guanidine groups is 1. The molecule has 152 valence electrons. The second kappa shape index (κ2) is 11.9. The third-order valence-electron chi connectivity index (χ3n) is 4.36. The molecule has 2 aromatic carbocycles. The Morgan fingerprint density at radius 2 is 1.79 bits per heavy atom. The molecule has 0 bridgehead atoms. The van der Waals surface area contributed by atoms with Gasteiger partial charge < -0.3 is 25.2 Å². The van der Waals surface area contributed by atoms with E-state index < -0.39 is 6.10 Å². The number of aliphatic hydroxyl groups excluding tert-OH is 1. The van der Waals surface area contributed by atoms with Crippen LogP contribution in [0.25, 0.3) is 0 Å². The Kier molecular flexibility index (Phi) is 9.15. The zero-order valence-corrected chi connectivity index (χ0v) is 16.9. The average Bonchev–Trinajstić information content (AvgIpc) is 2.74. The van der Waals surface area contributed by atoms with Crippen molar-refractivity contribution in [1.82, 2.24) is 10.6 Å². The van der Waals surface area contributed by atoms with E-state index in [1.54, 1.807) is 14.2 Å². The van der Waals surface area contributed by atoms with Gasteiger partial charge in [-0.3, -0.25) is 4.99 Å². The molecule has 0 saturated heterocycles. The first-order valence-electron chi connectivity index (χ1n) is 9.64. The largest absolute Gasteiger partial charge is 0.493 e. The Balaban J connectivity index is 1.84. The van der Waals surface area contributed by atoms with Crippen LogP contribution in [-0.2, 0) is 6.42 Å². The van der Waals surface area contributed by atoms with E-state index in [9.17, 15) is 5.11 Å². The van der Waals surface area contributed by atoms with Gasteiger partial charge in [-0.1, -0.05) is 36.4 Å².